The van der Waals surface area contributed by atoms with Gasteiger partial charge in [-0.2, -0.15) is 5.10 Å². The molecule has 0 radical (unpaired) electrons. The van der Waals surface area contributed by atoms with Crippen LogP contribution in [0.5, 0.6) is 0 Å². The van der Waals surface area contributed by atoms with Crippen LogP contribution in [0.25, 0.3) is 0 Å². The Morgan fingerprint density at radius 3 is 2.96 bits per heavy atom. The van der Waals surface area contributed by atoms with Gasteiger partial charge in [-0.05, 0) is 19.8 Å². The van der Waals surface area contributed by atoms with Gasteiger partial charge in [-0.1, -0.05) is 0 Å². The molecule has 3 rings (SSSR count). The predicted octanol–water partition coefficient (Wildman–Crippen LogP) is 1.52. The molecule has 3 heterocycles. The standard InChI is InChI=1S/C16H22N6O2S/c1-11-9-14(21(3)19-11)22-7-4-5-12(15(22)23)18-16(24)20(2)10-13-17-6-8-25-13/h6,8-9,12H,4-5,7,10H2,1-3H3,(H,18,24). The second kappa shape index (κ2) is 7.22. The van der Waals surface area contributed by atoms with Crippen molar-refractivity contribution in [3.63, 3.8) is 0 Å². The van der Waals surface area contributed by atoms with E-state index in [0.29, 0.717) is 19.5 Å². The Labute approximate surface area is 150 Å². The van der Waals surface area contributed by atoms with Crippen LogP contribution in [0.3, 0.4) is 0 Å². The van der Waals surface area contributed by atoms with Gasteiger partial charge in [-0.15, -0.1) is 11.3 Å². The minimum absolute atomic E-state index is 0.0924. The van der Waals surface area contributed by atoms with Crippen LogP contribution in [0.4, 0.5) is 10.6 Å². The van der Waals surface area contributed by atoms with E-state index in [9.17, 15) is 9.59 Å². The summed E-state index contributed by atoms with van der Waals surface area (Å²) in [6.45, 7) is 2.96. The maximum atomic E-state index is 12.8. The summed E-state index contributed by atoms with van der Waals surface area (Å²) in [6, 6.07) is 1.10. The molecule has 2 aromatic rings. The smallest absolute Gasteiger partial charge is 0.318 e. The lowest BCUT2D eigenvalue weighted by Gasteiger charge is -2.33. The van der Waals surface area contributed by atoms with E-state index >= 15 is 0 Å². The molecule has 8 nitrogen and oxygen atoms in total. The maximum Gasteiger partial charge on any atom is 0.318 e. The third-order valence-corrected chi connectivity index (χ3v) is 4.96. The summed E-state index contributed by atoms with van der Waals surface area (Å²) in [5, 5.41) is 9.88. The second-order valence-corrected chi connectivity index (χ2v) is 7.16. The summed E-state index contributed by atoms with van der Waals surface area (Å²) in [6.07, 6.45) is 3.18. The summed E-state index contributed by atoms with van der Waals surface area (Å²) >= 11 is 1.50. The Kier molecular flexibility index (Phi) is 5.03. The van der Waals surface area contributed by atoms with E-state index in [2.05, 4.69) is 15.4 Å². The van der Waals surface area contributed by atoms with Gasteiger partial charge in [0.05, 0.1) is 12.2 Å². The third kappa shape index (κ3) is 3.81. The van der Waals surface area contributed by atoms with Crippen LogP contribution in [0, 0.1) is 6.92 Å². The number of thiazole rings is 1. The van der Waals surface area contributed by atoms with E-state index in [1.165, 1.54) is 11.3 Å². The van der Waals surface area contributed by atoms with Crippen molar-refractivity contribution in [2.45, 2.75) is 32.4 Å². The van der Waals surface area contributed by atoms with Crippen LogP contribution < -0.4 is 10.2 Å². The number of aryl methyl sites for hydroxylation is 2. The molecular weight excluding hydrogens is 340 g/mol. The molecule has 0 spiro atoms. The molecule has 3 amide bonds. The number of carbonyl (C=O) groups is 2. The molecule has 1 N–H and O–H groups in total. The number of piperidine rings is 1. The van der Waals surface area contributed by atoms with Crippen LogP contribution in [0.15, 0.2) is 17.6 Å². The zero-order valence-electron chi connectivity index (χ0n) is 14.6. The molecule has 0 aliphatic carbocycles. The fourth-order valence-electron chi connectivity index (χ4n) is 2.95. The van der Waals surface area contributed by atoms with E-state index in [1.807, 2.05) is 25.4 Å². The molecule has 9 heteroatoms. The number of rotatable bonds is 4. The number of amides is 3. The molecule has 1 unspecified atom stereocenters. The topological polar surface area (TPSA) is 83.4 Å². The van der Waals surface area contributed by atoms with Gasteiger partial charge in [0.25, 0.3) is 5.91 Å². The summed E-state index contributed by atoms with van der Waals surface area (Å²) in [4.78, 5) is 32.6. The molecule has 0 aromatic carbocycles. The minimum atomic E-state index is -0.518. The van der Waals surface area contributed by atoms with Crippen LogP contribution in [0.2, 0.25) is 0 Å². The molecule has 134 valence electrons. The Balaban J connectivity index is 1.65. The first-order valence-corrected chi connectivity index (χ1v) is 9.05. The SMILES string of the molecule is Cc1cc(N2CCCC(NC(=O)N(C)Cc3nccs3)C2=O)n(C)n1. The highest BCUT2D eigenvalue weighted by Crippen LogP contribution is 2.21. The fraction of sp³-hybridized carbons (Fsp3) is 0.500. The lowest BCUT2D eigenvalue weighted by Crippen LogP contribution is -2.54. The van der Waals surface area contributed by atoms with Gasteiger partial charge in [0.2, 0.25) is 0 Å². The molecule has 1 aliphatic heterocycles. The number of carbonyl (C=O) groups excluding carboxylic acids is 2. The summed E-state index contributed by atoms with van der Waals surface area (Å²) in [5.41, 5.74) is 0.861. The molecule has 0 bridgehead atoms. The quantitative estimate of drug-likeness (QED) is 0.894. The van der Waals surface area contributed by atoms with Crippen molar-refractivity contribution in [2.24, 2.45) is 7.05 Å². The van der Waals surface area contributed by atoms with E-state index < -0.39 is 6.04 Å². The van der Waals surface area contributed by atoms with Crippen LogP contribution in [-0.4, -0.2) is 51.2 Å². The van der Waals surface area contributed by atoms with E-state index in [0.717, 1.165) is 22.9 Å². The number of aromatic nitrogens is 3. The fourth-order valence-corrected chi connectivity index (χ4v) is 3.62. The van der Waals surface area contributed by atoms with E-state index in [1.54, 1.807) is 27.7 Å². The van der Waals surface area contributed by atoms with Crippen molar-refractivity contribution in [1.29, 1.82) is 0 Å². The summed E-state index contributed by atoms with van der Waals surface area (Å²) in [7, 11) is 3.52. The van der Waals surface area contributed by atoms with Gasteiger partial charge in [-0.25, -0.2) is 9.78 Å². The first kappa shape index (κ1) is 17.4. The Morgan fingerprint density at radius 1 is 1.52 bits per heavy atom. The van der Waals surface area contributed by atoms with E-state index in [4.69, 9.17) is 0 Å². The highest BCUT2D eigenvalue weighted by molar-refractivity contribution is 7.09. The van der Waals surface area contributed by atoms with Crippen LogP contribution in [0.1, 0.15) is 23.5 Å². The van der Waals surface area contributed by atoms with Crippen molar-refractivity contribution < 1.29 is 9.59 Å². The zero-order valence-corrected chi connectivity index (χ0v) is 15.4. The van der Waals surface area contributed by atoms with Gasteiger partial charge < -0.3 is 10.2 Å². The molecule has 25 heavy (non-hydrogen) atoms. The number of nitrogens with one attached hydrogen (secondary N) is 1. The predicted molar refractivity (Wildman–Crippen MR) is 95.4 cm³/mol. The van der Waals surface area contributed by atoms with Crippen LogP contribution in [-0.2, 0) is 18.4 Å². The first-order valence-electron chi connectivity index (χ1n) is 8.17. The van der Waals surface area contributed by atoms with Gasteiger partial charge >= 0.3 is 6.03 Å². The summed E-state index contributed by atoms with van der Waals surface area (Å²) < 4.78 is 1.70. The number of anilines is 1. The number of urea groups is 1. The molecule has 1 saturated heterocycles. The van der Waals surface area contributed by atoms with Crippen molar-refractivity contribution in [2.75, 3.05) is 18.5 Å². The van der Waals surface area contributed by atoms with Gasteiger partial charge in [0, 0.05) is 38.3 Å². The Morgan fingerprint density at radius 2 is 2.32 bits per heavy atom. The Hall–Kier alpha value is -2.42. The van der Waals surface area contributed by atoms with Crippen molar-refractivity contribution in [3.05, 3.63) is 28.3 Å². The number of hydrogen-bond acceptors (Lipinski definition) is 5. The maximum absolute atomic E-state index is 12.8. The average molecular weight is 362 g/mol. The molecule has 2 aromatic heterocycles. The molecule has 1 atom stereocenters. The normalized spacial score (nSPS) is 17.6. The first-order chi connectivity index (χ1) is 12.0. The van der Waals surface area contributed by atoms with Crippen molar-refractivity contribution >= 4 is 29.1 Å². The highest BCUT2D eigenvalue weighted by atomic mass is 32.1. The number of hydrogen-bond donors (Lipinski definition) is 1. The van der Waals surface area contributed by atoms with Gasteiger partial charge in [-0.3, -0.25) is 14.4 Å². The van der Waals surface area contributed by atoms with Crippen LogP contribution >= 0.6 is 11.3 Å². The molecule has 0 saturated carbocycles. The monoisotopic (exact) mass is 362 g/mol. The highest BCUT2D eigenvalue weighted by Gasteiger charge is 2.32. The lowest BCUT2D eigenvalue weighted by molar-refractivity contribution is -0.121. The zero-order chi connectivity index (χ0) is 18.0. The van der Waals surface area contributed by atoms with E-state index in [-0.39, 0.29) is 11.9 Å². The van der Waals surface area contributed by atoms with Gasteiger partial charge in [0.15, 0.2) is 0 Å². The summed E-state index contributed by atoms with van der Waals surface area (Å²) in [5.74, 6) is 0.669. The number of nitrogens with zero attached hydrogens (tertiary/aromatic N) is 5. The van der Waals surface area contributed by atoms with Gasteiger partial charge in [0.1, 0.15) is 16.9 Å². The molecule has 1 fully saturated rings. The minimum Gasteiger partial charge on any atom is -0.326 e. The largest absolute Gasteiger partial charge is 0.326 e. The Bertz CT molecular complexity index is 757. The second-order valence-electron chi connectivity index (χ2n) is 6.18. The van der Waals surface area contributed by atoms with Crippen molar-refractivity contribution in [3.8, 4) is 0 Å². The molecular formula is C16H22N6O2S. The average Bonchev–Trinajstić information content (AvgIpc) is 3.18. The van der Waals surface area contributed by atoms with Crippen molar-refractivity contribution in [1.82, 2.24) is 25.0 Å². The third-order valence-electron chi connectivity index (χ3n) is 4.19. The molecule has 1 aliphatic rings. The lowest BCUT2D eigenvalue weighted by atomic mass is 10.0.